The van der Waals surface area contributed by atoms with E-state index in [1.807, 2.05) is 39.0 Å². The van der Waals surface area contributed by atoms with Crippen LogP contribution < -0.4 is 10.1 Å². The lowest BCUT2D eigenvalue weighted by Gasteiger charge is -2.22. The molecule has 0 radical (unpaired) electrons. The van der Waals surface area contributed by atoms with E-state index in [-0.39, 0.29) is 17.9 Å². The lowest BCUT2D eigenvalue weighted by molar-refractivity contribution is 0.0998. The molecule has 0 heterocycles. The maximum Gasteiger partial charge on any atom is 0.193 e. The monoisotopic (exact) mass is 327 g/mol. The van der Waals surface area contributed by atoms with Gasteiger partial charge in [0.05, 0.1) is 0 Å². The first-order chi connectivity index (χ1) is 11.3. The van der Waals surface area contributed by atoms with Gasteiger partial charge in [-0.05, 0) is 45.0 Å². The van der Waals surface area contributed by atoms with Crippen LogP contribution in [0.1, 0.15) is 36.7 Å². The predicted molar refractivity (Wildman–Crippen MR) is 95.6 cm³/mol. The molecule has 0 aliphatic heterocycles. The van der Waals surface area contributed by atoms with Crippen molar-refractivity contribution in [2.45, 2.75) is 32.4 Å². The molecular weight excluding hydrogens is 302 g/mol. The minimum Gasteiger partial charge on any atom is -0.491 e. The number of hydrogen-bond donors (Lipinski definition) is 2. The molecule has 0 saturated carbocycles. The molecule has 0 fully saturated rings. The van der Waals surface area contributed by atoms with Gasteiger partial charge in [0, 0.05) is 23.2 Å². The van der Waals surface area contributed by atoms with Gasteiger partial charge in [-0.15, -0.1) is 0 Å². The van der Waals surface area contributed by atoms with Crippen molar-refractivity contribution in [1.29, 1.82) is 0 Å². The summed E-state index contributed by atoms with van der Waals surface area (Å²) in [5, 5.41) is 13.1. The van der Waals surface area contributed by atoms with Gasteiger partial charge >= 0.3 is 0 Å². The smallest absolute Gasteiger partial charge is 0.193 e. The largest absolute Gasteiger partial charge is 0.491 e. The molecule has 24 heavy (non-hydrogen) atoms. The van der Waals surface area contributed by atoms with Crippen LogP contribution in [-0.2, 0) is 0 Å². The Morgan fingerprint density at radius 1 is 1.04 bits per heavy atom. The molecule has 1 atom stereocenters. The fourth-order valence-electron chi connectivity index (χ4n) is 2.13. The fourth-order valence-corrected chi connectivity index (χ4v) is 2.13. The lowest BCUT2D eigenvalue weighted by Crippen LogP contribution is -2.42. The van der Waals surface area contributed by atoms with Crippen LogP contribution in [0.5, 0.6) is 5.75 Å². The summed E-state index contributed by atoms with van der Waals surface area (Å²) in [6.07, 6.45) is -0.588. The van der Waals surface area contributed by atoms with Crippen LogP contribution in [0.4, 0.5) is 0 Å². The Morgan fingerprint density at radius 2 is 1.62 bits per heavy atom. The van der Waals surface area contributed by atoms with Crippen molar-refractivity contribution in [2.24, 2.45) is 0 Å². The summed E-state index contributed by atoms with van der Waals surface area (Å²) in [6.45, 7) is 6.80. The standard InChI is InChI=1S/C20H25NO3/c1-20(2,3)21-13-17(22)14-24-18-11-9-16(10-12-18)19(23)15-7-5-4-6-8-15/h4-12,17,21-22H,13-14H2,1-3H3/t17-/m0/s1. The summed E-state index contributed by atoms with van der Waals surface area (Å²) in [5.41, 5.74) is 1.24. The molecule has 128 valence electrons. The highest BCUT2D eigenvalue weighted by Gasteiger charge is 2.13. The summed E-state index contributed by atoms with van der Waals surface area (Å²) in [5.74, 6) is 0.617. The number of aliphatic hydroxyl groups excluding tert-OH is 1. The highest BCUT2D eigenvalue weighted by Crippen LogP contribution is 2.15. The van der Waals surface area contributed by atoms with E-state index in [0.29, 0.717) is 23.4 Å². The lowest BCUT2D eigenvalue weighted by atomic mass is 10.0. The van der Waals surface area contributed by atoms with Crippen LogP contribution in [0.2, 0.25) is 0 Å². The van der Waals surface area contributed by atoms with Gasteiger partial charge in [0.15, 0.2) is 5.78 Å². The number of hydrogen-bond acceptors (Lipinski definition) is 4. The molecule has 2 aromatic carbocycles. The summed E-state index contributed by atoms with van der Waals surface area (Å²) in [4.78, 5) is 12.3. The SMILES string of the molecule is CC(C)(C)NC[C@H](O)COc1ccc(C(=O)c2ccccc2)cc1. The molecule has 0 aromatic heterocycles. The average molecular weight is 327 g/mol. The van der Waals surface area contributed by atoms with E-state index in [0.717, 1.165) is 0 Å². The molecule has 0 aliphatic rings. The van der Waals surface area contributed by atoms with Gasteiger partial charge in [-0.25, -0.2) is 0 Å². The number of aliphatic hydroxyl groups is 1. The van der Waals surface area contributed by atoms with E-state index in [1.54, 1.807) is 36.4 Å². The van der Waals surface area contributed by atoms with Crippen LogP contribution in [0.3, 0.4) is 0 Å². The van der Waals surface area contributed by atoms with Gasteiger partial charge in [-0.2, -0.15) is 0 Å². The van der Waals surface area contributed by atoms with Gasteiger partial charge in [0.1, 0.15) is 18.5 Å². The molecule has 0 saturated heterocycles. The second-order valence-electron chi connectivity index (χ2n) is 6.82. The zero-order chi connectivity index (χ0) is 17.6. The van der Waals surface area contributed by atoms with E-state index < -0.39 is 6.10 Å². The summed E-state index contributed by atoms with van der Waals surface area (Å²) >= 11 is 0. The van der Waals surface area contributed by atoms with Gasteiger partial charge in [0.2, 0.25) is 0 Å². The molecule has 0 unspecified atom stereocenters. The number of carbonyl (C=O) groups is 1. The number of β-amino-alcohol motifs (C(OH)–C–C–N with tert-alkyl or cyclic N) is 1. The average Bonchev–Trinajstić information content (AvgIpc) is 2.58. The van der Waals surface area contributed by atoms with E-state index in [9.17, 15) is 9.90 Å². The quantitative estimate of drug-likeness (QED) is 0.768. The van der Waals surface area contributed by atoms with Gasteiger partial charge in [-0.3, -0.25) is 4.79 Å². The molecule has 4 nitrogen and oxygen atoms in total. The Morgan fingerprint density at radius 3 is 2.21 bits per heavy atom. The Labute approximate surface area is 143 Å². The Bertz CT molecular complexity index is 645. The number of benzene rings is 2. The summed E-state index contributed by atoms with van der Waals surface area (Å²) < 4.78 is 5.57. The molecule has 0 bridgehead atoms. The van der Waals surface area contributed by atoms with Crippen LogP contribution >= 0.6 is 0 Å². The number of ketones is 1. The third-order valence-corrected chi connectivity index (χ3v) is 3.46. The van der Waals surface area contributed by atoms with Crippen molar-refractivity contribution in [3.8, 4) is 5.75 Å². The van der Waals surface area contributed by atoms with Crippen molar-refractivity contribution >= 4 is 5.78 Å². The van der Waals surface area contributed by atoms with Crippen molar-refractivity contribution in [2.75, 3.05) is 13.2 Å². The van der Waals surface area contributed by atoms with Gasteiger partial charge < -0.3 is 15.2 Å². The van der Waals surface area contributed by atoms with E-state index >= 15 is 0 Å². The molecular formula is C20H25NO3. The Balaban J connectivity index is 1.87. The molecule has 0 amide bonds. The second kappa shape index (κ2) is 8.08. The van der Waals surface area contributed by atoms with Crippen molar-refractivity contribution < 1.29 is 14.6 Å². The van der Waals surface area contributed by atoms with E-state index in [1.165, 1.54) is 0 Å². The number of rotatable bonds is 7. The number of carbonyl (C=O) groups excluding carboxylic acids is 1. The first-order valence-electron chi connectivity index (χ1n) is 8.11. The normalized spacial score (nSPS) is 12.7. The minimum absolute atomic E-state index is 0.0171. The number of nitrogens with one attached hydrogen (secondary N) is 1. The predicted octanol–water partition coefficient (Wildman–Crippen LogP) is 3.05. The highest BCUT2D eigenvalue weighted by molar-refractivity contribution is 6.08. The third kappa shape index (κ3) is 5.80. The van der Waals surface area contributed by atoms with Crippen molar-refractivity contribution in [1.82, 2.24) is 5.32 Å². The van der Waals surface area contributed by atoms with Crippen LogP contribution in [0.25, 0.3) is 0 Å². The third-order valence-electron chi connectivity index (χ3n) is 3.46. The second-order valence-corrected chi connectivity index (χ2v) is 6.82. The topological polar surface area (TPSA) is 58.6 Å². The summed E-state index contributed by atoms with van der Waals surface area (Å²) in [6, 6.07) is 16.1. The zero-order valence-corrected chi connectivity index (χ0v) is 14.5. The fraction of sp³-hybridized carbons (Fsp3) is 0.350. The maximum atomic E-state index is 12.3. The molecule has 2 aromatic rings. The van der Waals surface area contributed by atoms with E-state index in [2.05, 4.69) is 5.32 Å². The molecule has 4 heteroatoms. The van der Waals surface area contributed by atoms with E-state index in [4.69, 9.17) is 4.74 Å². The zero-order valence-electron chi connectivity index (χ0n) is 14.5. The van der Waals surface area contributed by atoms with Gasteiger partial charge in [-0.1, -0.05) is 30.3 Å². The Hall–Kier alpha value is -2.17. The number of ether oxygens (including phenoxy) is 1. The van der Waals surface area contributed by atoms with Gasteiger partial charge in [0.25, 0.3) is 0 Å². The first-order valence-corrected chi connectivity index (χ1v) is 8.11. The molecule has 2 N–H and O–H groups in total. The van der Waals surface area contributed by atoms with Crippen molar-refractivity contribution in [3.63, 3.8) is 0 Å². The Kier molecular flexibility index (Phi) is 6.12. The van der Waals surface area contributed by atoms with Crippen LogP contribution in [-0.4, -0.2) is 35.7 Å². The molecule has 0 aliphatic carbocycles. The summed E-state index contributed by atoms with van der Waals surface area (Å²) in [7, 11) is 0. The van der Waals surface area contributed by atoms with Crippen molar-refractivity contribution in [3.05, 3.63) is 65.7 Å². The molecule has 2 rings (SSSR count). The maximum absolute atomic E-state index is 12.3. The first kappa shape index (κ1) is 18.2. The van der Waals surface area contributed by atoms with Crippen LogP contribution in [0, 0.1) is 0 Å². The van der Waals surface area contributed by atoms with Crippen LogP contribution in [0.15, 0.2) is 54.6 Å². The minimum atomic E-state index is -0.588. The molecule has 0 spiro atoms. The highest BCUT2D eigenvalue weighted by atomic mass is 16.5.